The second kappa shape index (κ2) is 5.84. The van der Waals surface area contributed by atoms with Crippen molar-refractivity contribution in [3.05, 3.63) is 56.0 Å². The Kier molecular flexibility index (Phi) is 4.57. The average molecular weight is 342 g/mol. The number of hydrogen-bond acceptors (Lipinski definition) is 0. The average Bonchev–Trinajstić information content (AvgIpc) is 2.34. The van der Waals surface area contributed by atoms with Crippen LogP contribution in [-0.4, -0.2) is 0 Å². The summed E-state index contributed by atoms with van der Waals surface area (Å²) in [6.07, 6.45) is -2.57. The highest BCUT2D eigenvalue weighted by atomic mass is 35.5. The molecule has 0 bridgehead atoms. The Morgan fingerprint density at radius 1 is 0.684 bits per heavy atom. The molecule has 0 spiro atoms. The number of benzene rings is 2. The van der Waals surface area contributed by atoms with Crippen molar-refractivity contribution >= 4 is 46.4 Å². The van der Waals surface area contributed by atoms with Gasteiger partial charge in [-0.1, -0.05) is 58.5 Å². The van der Waals surface area contributed by atoms with E-state index in [1.165, 1.54) is 24.3 Å². The van der Waals surface area contributed by atoms with Gasteiger partial charge in [0.05, 0.1) is 15.1 Å². The normalized spacial score (nSPS) is 11.1. The fraction of sp³-hybridized carbons (Fsp3) is 0.0769. The summed E-state index contributed by atoms with van der Waals surface area (Å²) in [7, 11) is 0. The van der Waals surface area contributed by atoms with Crippen LogP contribution in [0.15, 0.2) is 30.3 Å². The van der Waals surface area contributed by atoms with Crippen LogP contribution < -0.4 is 0 Å². The van der Waals surface area contributed by atoms with Crippen molar-refractivity contribution in [2.45, 2.75) is 6.43 Å². The lowest BCUT2D eigenvalue weighted by molar-refractivity contribution is 0.151. The third-order valence-electron chi connectivity index (χ3n) is 2.55. The standard InChI is InChI=1S/C13H6Cl4F2/c14-9-3-6(13(18)19)1-2-7(9)8-4-11(16)12(17)5-10(8)15/h1-5,13H. The highest BCUT2D eigenvalue weighted by Crippen LogP contribution is 2.39. The molecule has 0 aliphatic heterocycles. The lowest BCUT2D eigenvalue weighted by Crippen LogP contribution is -1.87. The van der Waals surface area contributed by atoms with Gasteiger partial charge in [-0.2, -0.15) is 0 Å². The molecule has 0 N–H and O–H groups in total. The van der Waals surface area contributed by atoms with Crippen molar-refractivity contribution in [2.75, 3.05) is 0 Å². The van der Waals surface area contributed by atoms with Crippen LogP contribution in [0.2, 0.25) is 20.1 Å². The molecule has 0 nitrogen and oxygen atoms in total. The van der Waals surface area contributed by atoms with Crippen molar-refractivity contribution in [1.82, 2.24) is 0 Å². The molecule has 0 amide bonds. The summed E-state index contributed by atoms with van der Waals surface area (Å²) in [5.41, 5.74) is 0.918. The van der Waals surface area contributed by atoms with Gasteiger partial charge in [0.25, 0.3) is 6.43 Å². The molecule has 19 heavy (non-hydrogen) atoms. The Morgan fingerprint density at radius 2 is 1.26 bits per heavy atom. The lowest BCUT2D eigenvalue weighted by atomic mass is 10.0. The molecular weight excluding hydrogens is 336 g/mol. The quantitative estimate of drug-likeness (QED) is 0.521. The van der Waals surface area contributed by atoms with Gasteiger partial charge in [0, 0.05) is 21.7 Å². The maximum atomic E-state index is 12.6. The Labute approximate surface area is 128 Å². The van der Waals surface area contributed by atoms with Gasteiger partial charge in [0.1, 0.15) is 0 Å². The van der Waals surface area contributed by atoms with Crippen molar-refractivity contribution in [1.29, 1.82) is 0 Å². The first-order chi connectivity index (χ1) is 8.90. The Balaban J connectivity index is 2.56. The number of hydrogen-bond donors (Lipinski definition) is 0. The summed E-state index contributed by atoms with van der Waals surface area (Å²) in [6.45, 7) is 0. The highest BCUT2D eigenvalue weighted by molar-refractivity contribution is 6.44. The summed E-state index contributed by atoms with van der Waals surface area (Å²) < 4.78 is 25.1. The molecule has 0 saturated heterocycles. The minimum atomic E-state index is -2.57. The summed E-state index contributed by atoms with van der Waals surface area (Å²) in [5.74, 6) is 0. The maximum Gasteiger partial charge on any atom is 0.263 e. The molecule has 0 aromatic heterocycles. The van der Waals surface area contributed by atoms with Crippen LogP contribution in [0.25, 0.3) is 11.1 Å². The van der Waals surface area contributed by atoms with E-state index in [0.29, 0.717) is 26.2 Å². The van der Waals surface area contributed by atoms with Crippen LogP contribution in [-0.2, 0) is 0 Å². The maximum absolute atomic E-state index is 12.6. The number of alkyl halides is 2. The number of rotatable bonds is 2. The Hall–Kier alpha value is -0.540. The van der Waals surface area contributed by atoms with E-state index in [-0.39, 0.29) is 10.6 Å². The van der Waals surface area contributed by atoms with Gasteiger partial charge in [-0.15, -0.1) is 0 Å². The van der Waals surface area contributed by atoms with E-state index >= 15 is 0 Å². The second-order valence-electron chi connectivity index (χ2n) is 3.79. The van der Waals surface area contributed by atoms with E-state index in [0.717, 1.165) is 0 Å². The Morgan fingerprint density at radius 3 is 1.84 bits per heavy atom. The fourth-order valence-corrected chi connectivity index (χ4v) is 2.55. The summed E-state index contributed by atoms with van der Waals surface area (Å²) >= 11 is 23.8. The molecular formula is C13H6Cl4F2. The first-order valence-corrected chi connectivity index (χ1v) is 6.64. The number of halogens is 6. The first-order valence-electron chi connectivity index (χ1n) is 5.12. The van der Waals surface area contributed by atoms with Crippen LogP contribution in [0.3, 0.4) is 0 Å². The molecule has 0 saturated carbocycles. The topological polar surface area (TPSA) is 0 Å². The molecule has 6 heteroatoms. The van der Waals surface area contributed by atoms with E-state index in [4.69, 9.17) is 46.4 Å². The van der Waals surface area contributed by atoms with Crippen LogP contribution in [0.5, 0.6) is 0 Å². The van der Waals surface area contributed by atoms with Gasteiger partial charge >= 0.3 is 0 Å². The van der Waals surface area contributed by atoms with Crippen molar-refractivity contribution in [2.24, 2.45) is 0 Å². The molecule has 0 unspecified atom stereocenters. The molecule has 0 atom stereocenters. The van der Waals surface area contributed by atoms with E-state index in [9.17, 15) is 8.78 Å². The zero-order valence-corrected chi connectivity index (χ0v) is 12.3. The molecule has 100 valence electrons. The molecule has 2 aromatic rings. The summed E-state index contributed by atoms with van der Waals surface area (Å²) in [5, 5.41) is 1.16. The smallest absolute Gasteiger partial charge is 0.205 e. The van der Waals surface area contributed by atoms with E-state index < -0.39 is 6.43 Å². The molecule has 0 radical (unpaired) electrons. The fourth-order valence-electron chi connectivity index (χ4n) is 1.61. The zero-order valence-electron chi connectivity index (χ0n) is 9.23. The third-order valence-corrected chi connectivity index (χ3v) is 3.89. The van der Waals surface area contributed by atoms with Crippen molar-refractivity contribution < 1.29 is 8.78 Å². The van der Waals surface area contributed by atoms with E-state index in [1.807, 2.05) is 0 Å². The van der Waals surface area contributed by atoms with Gasteiger partial charge in [-0.3, -0.25) is 0 Å². The molecule has 2 rings (SSSR count). The molecule has 0 fully saturated rings. The molecule has 0 aliphatic carbocycles. The largest absolute Gasteiger partial charge is 0.263 e. The SMILES string of the molecule is FC(F)c1ccc(-c2cc(Cl)c(Cl)cc2Cl)c(Cl)c1. The molecule has 2 aromatic carbocycles. The van der Waals surface area contributed by atoms with E-state index in [1.54, 1.807) is 6.07 Å². The summed E-state index contributed by atoms with van der Waals surface area (Å²) in [6, 6.07) is 7.02. The minimum absolute atomic E-state index is 0.148. The van der Waals surface area contributed by atoms with Gasteiger partial charge in [0.2, 0.25) is 0 Å². The van der Waals surface area contributed by atoms with Gasteiger partial charge in [0.15, 0.2) is 0 Å². The predicted molar refractivity (Wildman–Crippen MR) is 76.9 cm³/mol. The van der Waals surface area contributed by atoms with E-state index in [2.05, 4.69) is 0 Å². The molecule has 0 aliphatic rings. The van der Waals surface area contributed by atoms with Gasteiger partial charge in [-0.25, -0.2) is 8.78 Å². The van der Waals surface area contributed by atoms with Crippen LogP contribution >= 0.6 is 46.4 Å². The van der Waals surface area contributed by atoms with Crippen LogP contribution in [0.4, 0.5) is 8.78 Å². The van der Waals surface area contributed by atoms with Gasteiger partial charge in [-0.05, 0) is 18.2 Å². The van der Waals surface area contributed by atoms with Crippen molar-refractivity contribution in [3.8, 4) is 11.1 Å². The Bertz CT molecular complexity index is 626. The predicted octanol–water partition coefficient (Wildman–Crippen LogP) is 6.90. The zero-order chi connectivity index (χ0) is 14.2. The monoisotopic (exact) mass is 340 g/mol. The van der Waals surface area contributed by atoms with Gasteiger partial charge < -0.3 is 0 Å². The minimum Gasteiger partial charge on any atom is -0.205 e. The highest BCUT2D eigenvalue weighted by Gasteiger charge is 2.14. The lowest BCUT2D eigenvalue weighted by Gasteiger charge is -2.10. The summed E-state index contributed by atoms with van der Waals surface area (Å²) in [4.78, 5) is 0. The van der Waals surface area contributed by atoms with Crippen LogP contribution in [0, 0.1) is 0 Å². The molecule has 0 heterocycles. The van der Waals surface area contributed by atoms with Crippen LogP contribution in [0.1, 0.15) is 12.0 Å². The van der Waals surface area contributed by atoms with Crippen molar-refractivity contribution in [3.63, 3.8) is 0 Å². The second-order valence-corrected chi connectivity index (χ2v) is 5.41. The third kappa shape index (κ3) is 3.14. The first kappa shape index (κ1) is 14.9.